The van der Waals surface area contributed by atoms with Gasteiger partial charge in [0, 0.05) is 24.2 Å². The number of ether oxygens (including phenoxy) is 1. The fourth-order valence-electron chi connectivity index (χ4n) is 4.67. The first-order valence-corrected chi connectivity index (χ1v) is 8.94. The van der Waals surface area contributed by atoms with E-state index in [-0.39, 0.29) is 0 Å². The summed E-state index contributed by atoms with van der Waals surface area (Å²) in [5.74, 6) is 2.79. The molecule has 1 aromatic heterocycles. The molecule has 3 aliphatic heterocycles. The molecule has 122 valence electrons. The van der Waals surface area contributed by atoms with Gasteiger partial charge in [0.1, 0.15) is 5.75 Å². The van der Waals surface area contributed by atoms with Gasteiger partial charge in [-0.15, -0.1) is 0 Å². The van der Waals surface area contributed by atoms with Crippen molar-refractivity contribution in [3.05, 3.63) is 36.0 Å². The summed E-state index contributed by atoms with van der Waals surface area (Å²) in [5, 5.41) is 1.25. The van der Waals surface area contributed by atoms with Crippen LogP contribution in [0.25, 0.3) is 10.9 Å². The molecular formula is C20H26N2O. The van der Waals surface area contributed by atoms with E-state index in [0.29, 0.717) is 6.04 Å². The van der Waals surface area contributed by atoms with Crippen molar-refractivity contribution in [1.29, 1.82) is 0 Å². The number of piperidine rings is 3. The third-order valence-electron chi connectivity index (χ3n) is 6.03. The fraction of sp³-hybridized carbons (Fsp3) is 0.550. The largest absolute Gasteiger partial charge is 0.497 e. The maximum atomic E-state index is 5.41. The molecule has 3 fully saturated rings. The first-order valence-electron chi connectivity index (χ1n) is 8.94. The zero-order valence-electron chi connectivity index (χ0n) is 14.2. The molecule has 0 saturated carbocycles. The molecular weight excluding hydrogens is 284 g/mol. The molecule has 1 aromatic carbocycles. The number of fused-ring (bicyclic) bond motifs is 4. The van der Waals surface area contributed by atoms with Crippen molar-refractivity contribution in [2.75, 3.05) is 20.2 Å². The van der Waals surface area contributed by atoms with Gasteiger partial charge >= 0.3 is 0 Å². The molecule has 3 nitrogen and oxygen atoms in total. The van der Waals surface area contributed by atoms with Gasteiger partial charge in [-0.2, -0.15) is 0 Å². The van der Waals surface area contributed by atoms with E-state index in [2.05, 4.69) is 35.0 Å². The summed E-state index contributed by atoms with van der Waals surface area (Å²) in [5.41, 5.74) is 2.49. The van der Waals surface area contributed by atoms with Gasteiger partial charge in [0.2, 0.25) is 0 Å². The lowest BCUT2D eigenvalue weighted by atomic mass is 9.73. The van der Waals surface area contributed by atoms with Crippen molar-refractivity contribution in [2.24, 2.45) is 11.8 Å². The van der Waals surface area contributed by atoms with E-state index < -0.39 is 0 Å². The monoisotopic (exact) mass is 310 g/mol. The maximum absolute atomic E-state index is 5.41. The van der Waals surface area contributed by atoms with Crippen molar-refractivity contribution in [3.63, 3.8) is 0 Å². The highest BCUT2D eigenvalue weighted by atomic mass is 16.5. The summed E-state index contributed by atoms with van der Waals surface area (Å²) in [6, 6.07) is 9.11. The number of methoxy groups -OCH3 is 1. The van der Waals surface area contributed by atoms with Gasteiger partial charge < -0.3 is 4.74 Å². The molecule has 3 unspecified atom stereocenters. The van der Waals surface area contributed by atoms with Crippen LogP contribution in [-0.2, 0) is 6.42 Å². The molecule has 0 radical (unpaired) electrons. The number of nitrogens with zero attached hydrogens (tertiary/aromatic N) is 2. The lowest BCUT2D eigenvalue weighted by Crippen LogP contribution is -2.53. The van der Waals surface area contributed by atoms with Gasteiger partial charge in [-0.3, -0.25) is 9.88 Å². The average molecular weight is 310 g/mol. The second kappa shape index (κ2) is 6.12. The highest BCUT2D eigenvalue weighted by Crippen LogP contribution is 2.39. The molecule has 0 aliphatic carbocycles. The first-order chi connectivity index (χ1) is 11.3. The van der Waals surface area contributed by atoms with E-state index in [1.54, 1.807) is 7.11 Å². The van der Waals surface area contributed by atoms with Crippen LogP contribution in [0.2, 0.25) is 0 Å². The smallest absolute Gasteiger partial charge is 0.119 e. The van der Waals surface area contributed by atoms with E-state index in [4.69, 9.17) is 4.74 Å². The van der Waals surface area contributed by atoms with E-state index in [1.807, 2.05) is 12.3 Å². The van der Waals surface area contributed by atoms with Crippen molar-refractivity contribution >= 4 is 10.9 Å². The number of rotatable bonds is 4. The molecule has 5 rings (SSSR count). The minimum absolute atomic E-state index is 0.702. The van der Waals surface area contributed by atoms with Gasteiger partial charge in [-0.05, 0) is 67.5 Å². The van der Waals surface area contributed by atoms with E-state index in [9.17, 15) is 0 Å². The van der Waals surface area contributed by atoms with Crippen LogP contribution < -0.4 is 4.74 Å². The van der Waals surface area contributed by atoms with Crippen molar-refractivity contribution < 1.29 is 4.74 Å². The number of hydrogen-bond acceptors (Lipinski definition) is 3. The second-order valence-corrected chi connectivity index (χ2v) is 7.16. The molecule has 3 saturated heterocycles. The average Bonchev–Trinajstić information content (AvgIpc) is 2.62. The lowest BCUT2D eigenvalue weighted by Gasteiger charge is -2.50. The van der Waals surface area contributed by atoms with Gasteiger partial charge in [0.15, 0.2) is 0 Å². The fourth-order valence-corrected chi connectivity index (χ4v) is 4.67. The quantitative estimate of drug-likeness (QED) is 0.856. The van der Waals surface area contributed by atoms with Crippen LogP contribution >= 0.6 is 0 Å². The second-order valence-electron chi connectivity index (χ2n) is 7.16. The summed E-state index contributed by atoms with van der Waals surface area (Å²) in [4.78, 5) is 7.25. The third-order valence-corrected chi connectivity index (χ3v) is 6.03. The predicted octanol–water partition coefficient (Wildman–Crippen LogP) is 3.91. The summed E-state index contributed by atoms with van der Waals surface area (Å²) < 4.78 is 5.41. The van der Waals surface area contributed by atoms with Gasteiger partial charge in [-0.25, -0.2) is 0 Å². The highest BCUT2D eigenvalue weighted by molar-refractivity contribution is 5.83. The molecule has 2 bridgehead atoms. The summed E-state index contributed by atoms with van der Waals surface area (Å²) in [6.45, 7) is 4.94. The molecule has 0 N–H and O–H groups in total. The summed E-state index contributed by atoms with van der Waals surface area (Å²) in [6.07, 6.45) is 7.20. The zero-order chi connectivity index (χ0) is 15.8. The standard InChI is InChI=1S/C20H26N2O/c1-3-14-13-22-9-7-15(14)10-17(22)11-16-6-8-21-20-5-4-18(23-2)12-19(16)20/h4-6,8,12,14-15,17H,3,7,9-11,13H2,1-2H3/t14?,15?,17-/m0/s1. The lowest BCUT2D eigenvalue weighted by molar-refractivity contribution is 0.000317. The Kier molecular flexibility index (Phi) is 3.98. The van der Waals surface area contributed by atoms with Gasteiger partial charge in [0.05, 0.1) is 12.6 Å². The SMILES string of the molecule is CCC1CN2CCC1C[C@H]2Cc1ccnc2ccc(OC)cc12. The Morgan fingerprint density at radius 3 is 2.96 bits per heavy atom. The minimum Gasteiger partial charge on any atom is -0.497 e. The number of aromatic nitrogens is 1. The number of benzene rings is 1. The molecule has 3 heteroatoms. The Morgan fingerprint density at radius 2 is 2.22 bits per heavy atom. The molecule has 0 amide bonds. The Morgan fingerprint density at radius 1 is 1.30 bits per heavy atom. The number of pyridine rings is 1. The van der Waals surface area contributed by atoms with E-state index in [0.717, 1.165) is 29.5 Å². The van der Waals surface area contributed by atoms with E-state index in [1.165, 1.54) is 43.3 Å². The van der Waals surface area contributed by atoms with Gasteiger partial charge in [-0.1, -0.05) is 13.3 Å². The summed E-state index contributed by atoms with van der Waals surface area (Å²) in [7, 11) is 1.73. The Hall–Kier alpha value is -1.61. The van der Waals surface area contributed by atoms with Crippen molar-refractivity contribution in [2.45, 2.75) is 38.6 Å². The normalized spacial score (nSPS) is 29.8. The molecule has 4 heterocycles. The van der Waals surface area contributed by atoms with Crippen LogP contribution in [0, 0.1) is 11.8 Å². The van der Waals surface area contributed by atoms with Gasteiger partial charge in [0.25, 0.3) is 0 Å². The zero-order valence-corrected chi connectivity index (χ0v) is 14.2. The maximum Gasteiger partial charge on any atom is 0.119 e. The first kappa shape index (κ1) is 14.9. The third kappa shape index (κ3) is 2.72. The molecule has 0 spiro atoms. The Bertz CT molecular complexity index is 699. The van der Waals surface area contributed by atoms with Crippen LogP contribution in [0.3, 0.4) is 0 Å². The topological polar surface area (TPSA) is 25.4 Å². The Labute approximate surface area is 138 Å². The molecule has 23 heavy (non-hydrogen) atoms. The van der Waals surface area contributed by atoms with Crippen LogP contribution in [0.15, 0.2) is 30.5 Å². The molecule has 4 atom stereocenters. The minimum atomic E-state index is 0.702. The summed E-state index contributed by atoms with van der Waals surface area (Å²) >= 11 is 0. The van der Waals surface area contributed by atoms with Crippen molar-refractivity contribution in [3.8, 4) is 5.75 Å². The van der Waals surface area contributed by atoms with Crippen LogP contribution in [0.5, 0.6) is 5.75 Å². The van der Waals surface area contributed by atoms with Crippen molar-refractivity contribution in [1.82, 2.24) is 9.88 Å². The van der Waals surface area contributed by atoms with Crippen LogP contribution in [0.1, 0.15) is 31.7 Å². The van der Waals surface area contributed by atoms with E-state index >= 15 is 0 Å². The Balaban J connectivity index is 1.61. The predicted molar refractivity (Wildman–Crippen MR) is 93.9 cm³/mol. The van der Waals surface area contributed by atoms with Crippen LogP contribution in [0.4, 0.5) is 0 Å². The van der Waals surface area contributed by atoms with Crippen LogP contribution in [-0.4, -0.2) is 36.1 Å². The highest BCUT2D eigenvalue weighted by Gasteiger charge is 2.39. The molecule has 3 aliphatic rings. The number of hydrogen-bond donors (Lipinski definition) is 0. The molecule has 2 aromatic rings.